The third kappa shape index (κ3) is 29.2. The maximum absolute atomic E-state index is 13.5. The first-order valence-corrected chi connectivity index (χ1v) is 24.9. The molecule has 0 aliphatic heterocycles. The Hall–Kier alpha value is -7.42. The van der Waals surface area contributed by atoms with Crippen LogP contribution < -0.4 is 75.7 Å². The molecule has 6 atom stereocenters. The van der Waals surface area contributed by atoms with Gasteiger partial charge in [-0.15, -0.1) is 0 Å². The summed E-state index contributed by atoms with van der Waals surface area (Å²) in [6.07, 6.45) is 3.08. The lowest BCUT2D eigenvalue weighted by molar-refractivity contribution is -0.133. The van der Waals surface area contributed by atoms with E-state index in [1.807, 2.05) is 13.8 Å². The van der Waals surface area contributed by atoms with Crippen molar-refractivity contribution in [1.29, 1.82) is 0 Å². The number of unbranched alkanes of at least 4 members (excludes halogenated alkanes) is 2. The van der Waals surface area contributed by atoms with E-state index in [4.69, 9.17) is 17.2 Å². The number of rotatable bonds is 36. The Kier molecular flexibility index (Phi) is 31.2. The number of hydrogen-bond acceptors (Lipinski definition) is 15. The van der Waals surface area contributed by atoms with E-state index >= 15 is 0 Å². The van der Waals surface area contributed by atoms with E-state index in [1.165, 1.54) is 26.0 Å². The van der Waals surface area contributed by atoms with Crippen LogP contribution in [0.2, 0.25) is 0 Å². The van der Waals surface area contributed by atoms with Gasteiger partial charge in [-0.05, 0) is 101 Å². The van der Waals surface area contributed by atoms with Gasteiger partial charge in [0.05, 0.1) is 32.7 Å². The fourth-order valence-corrected chi connectivity index (χ4v) is 7.05. The van der Waals surface area contributed by atoms with Crippen LogP contribution in [-0.2, 0) is 64.0 Å². The molecule has 0 spiro atoms. The molecule has 0 unspecified atom stereocenters. The van der Waals surface area contributed by atoms with Crippen molar-refractivity contribution in [2.24, 2.45) is 29.0 Å². The van der Waals surface area contributed by atoms with E-state index in [0.717, 1.165) is 0 Å². The smallest absolute Gasteiger partial charge is 0.243 e. The molecule has 0 bridgehead atoms. The zero-order valence-electron chi connectivity index (χ0n) is 43.8. The van der Waals surface area contributed by atoms with E-state index in [-0.39, 0.29) is 49.7 Å². The Bertz CT molecular complexity index is 2090. The Balaban J connectivity index is 2.69. The van der Waals surface area contributed by atoms with Crippen LogP contribution in [0.3, 0.4) is 0 Å². The molecule has 1 aromatic carbocycles. The van der Waals surface area contributed by atoms with Gasteiger partial charge < -0.3 is 80.8 Å². The molecular weight excluding hydrogens is 981 g/mol. The number of phenols is 1. The number of hydrogen-bond donors (Lipinski definition) is 15. The molecule has 0 aliphatic carbocycles. The number of phenolic OH excluding ortho intramolecular Hbond substituents is 1. The quantitative estimate of drug-likeness (QED) is 0.0281. The number of nitrogens with two attached hydrogens (primary N) is 3. The number of amides is 12. The van der Waals surface area contributed by atoms with Gasteiger partial charge in [0, 0.05) is 13.3 Å². The van der Waals surface area contributed by atoms with Crippen molar-refractivity contribution in [2.45, 2.75) is 136 Å². The minimum absolute atomic E-state index is 0.0251. The molecule has 12 amide bonds. The van der Waals surface area contributed by atoms with Gasteiger partial charge in [0.1, 0.15) is 42.0 Å². The largest absolute Gasteiger partial charge is 0.508 e. The summed E-state index contributed by atoms with van der Waals surface area (Å²) in [6, 6.07) is -0.669. The maximum Gasteiger partial charge on any atom is 0.243 e. The third-order valence-corrected chi connectivity index (χ3v) is 10.9. The zero-order chi connectivity index (χ0) is 56.6. The van der Waals surface area contributed by atoms with Crippen LogP contribution in [0, 0.1) is 11.8 Å². The van der Waals surface area contributed by atoms with Gasteiger partial charge in [-0.3, -0.25) is 57.5 Å². The summed E-state index contributed by atoms with van der Waals surface area (Å²) in [4.78, 5) is 153. The minimum atomic E-state index is -1.23. The van der Waals surface area contributed by atoms with Crippen LogP contribution >= 0.6 is 0 Å². The molecule has 75 heavy (non-hydrogen) atoms. The highest BCUT2D eigenvalue weighted by molar-refractivity contribution is 5.96. The Morgan fingerprint density at radius 2 is 0.853 bits per heavy atom. The second-order valence-electron chi connectivity index (χ2n) is 18.7. The second-order valence-corrected chi connectivity index (χ2v) is 18.7. The summed E-state index contributed by atoms with van der Waals surface area (Å²) in [7, 11) is 0. The number of benzene rings is 1. The molecule has 27 heteroatoms. The molecule has 0 aromatic heterocycles. The van der Waals surface area contributed by atoms with Crippen LogP contribution in [0.1, 0.15) is 98.5 Å². The van der Waals surface area contributed by atoms with Gasteiger partial charge >= 0.3 is 0 Å². The van der Waals surface area contributed by atoms with Gasteiger partial charge in [-0.1, -0.05) is 39.8 Å². The normalized spacial score (nSPS) is 13.3. The topological polar surface area (TPSA) is 435 Å². The highest BCUT2D eigenvalue weighted by Gasteiger charge is 2.29. The summed E-state index contributed by atoms with van der Waals surface area (Å²) in [5, 5.41) is 36.6. The lowest BCUT2D eigenvalue weighted by Crippen LogP contribution is -2.56. The van der Waals surface area contributed by atoms with E-state index in [1.54, 1.807) is 26.0 Å². The standard InChI is InChI=1S/C48H80N14O13/c1-27(2)19-35(59-42(69)26-56-46(73)37(21-31-13-15-32(64)16-14-31)62-47(74)34(58-30(6)63)12-8-10-18-50)45(72)55-23-39(66)52-24-40(67)57-29(5)44(71)54-22-38(65)53-25-41(68)60-36(20-28(3)4)48(75)61-33(43(51)70)11-7-9-17-49/h13-16,27-29,33-37,64H,7-12,17-26,49-50H2,1-6H3,(H2,51,70)(H,52,66)(H,53,65)(H,54,71)(H,55,72)(H,56,73)(H,57,67)(H,58,63)(H,59,69)(H,60,68)(H,61,75)(H,62,74)/t29-,33-,34-,35-,36-,37-/m0/s1. The molecule has 0 saturated heterocycles. The van der Waals surface area contributed by atoms with E-state index < -0.39 is 140 Å². The average Bonchev–Trinajstić information content (AvgIpc) is 3.34. The van der Waals surface area contributed by atoms with Crippen molar-refractivity contribution >= 4 is 70.9 Å². The molecule has 0 saturated carbocycles. The van der Waals surface area contributed by atoms with Crippen molar-refractivity contribution < 1.29 is 62.6 Å². The number of carbonyl (C=O) groups is 12. The molecule has 0 heterocycles. The van der Waals surface area contributed by atoms with Crippen LogP contribution in [0.5, 0.6) is 5.75 Å². The summed E-state index contributed by atoms with van der Waals surface area (Å²) in [6.45, 7) is 7.56. The van der Waals surface area contributed by atoms with Gasteiger partial charge in [-0.2, -0.15) is 0 Å². The lowest BCUT2D eigenvalue weighted by atomic mass is 10.0. The average molecular weight is 1060 g/mol. The van der Waals surface area contributed by atoms with Crippen LogP contribution in [0.15, 0.2) is 24.3 Å². The predicted octanol–water partition coefficient (Wildman–Crippen LogP) is -4.70. The van der Waals surface area contributed by atoms with Gasteiger partial charge in [-0.25, -0.2) is 0 Å². The SMILES string of the molecule is CC(=O)N[C@@H](CCCCN)C(=O)N[C@@H](Cc1ccc(O)cc1)C(=O)NCC(=O)N[C@@H](CC(C)C)C(=O)NCC(=O)NCC(=O)N[C@@H](C)C(=O)NCC(=O)NCC(=O)N[C@@H](CC(C)C)C(=O)N[C@@H](CCCCN)C(N)=O. The number of carbonyl (C=O) groups excluding carboxylic acids is 12. The first kappa shape index (κ1) is 65.6. The van der Waals surface area contributed by atoms with E-state index in [2.05, 4.69) is 58.5 Å². The van der Waals surface area contributed by atoms with Crippen LogP contribution in [-0.4, -0.2) is 158 Å². The highest BCUT2D eigenvalue weighted by atomic mass is 16.3. The first-order valence-electron chi connectivity index (χ1n) is 24.9. The summed E-state index contributed by atoms with van der Waals surface area (Å²) >= 11 is 0. The summed E-state index contributed by atoms with van der Waals surface area (Å²) in [5.41, 5.74) is 17.1. The zero-order valence-corrected chi connectivity index (χ0v) is 43.8. The third-order valence-electron chi connectivity index (χ3n) is 10.9. The van der Waals surface area contributed by atoms with Gasteiger partial charge in [0.15, 0.2) is 0 Å². The molecule has 1 aromatic rings. The minimum Gasteiger partial charge on any atom is -0.508 e. The van der Waals surface area contributed by atoms with E-state index in [9.17, 15) is 62.6 Å². The summed E-state index contributed by atoms with van der Waals surface area (Å²) in [5.74, 6) is -8.84. The molecule has 420 valence electrons. The summed E-state index contributed by atoms with van der Waals surface area (Å²) < 4.78 is 0. The van der Waals surface area contributed by atoms with Crippen LogP contribution in [0.4, 0.5) is 0 Å². The van der Waals surface area contributed by atoms with E-state index in [0.29, 0.717) is 44.3 Å². The lowest BCUT2D eigenvalue weighted by Gasteiger charge is -2.23. The molecule has 18 N–H and O–H groups in total. The number of nitrogens with one attached hydrogen (secondary N) is 11. The fraction of sp³-hybridized carbons (Fsp3) is 0.625. The molecule has 27 nitrogen and oxygen atoms in total. The van der Waals surface area contributed by atoms with Gasteiger partial charge in [0.25, 0.3) is 0 Å². The Morgan fingerprint density at radius 3 is 1.32 bits per heavy atom. The first-order chi connectivity index (χ1) is 35.3. The predicted molar refractivity (Wildman–Crippen MR) is 274 cm³/mol. The fourth-order valence-electron chi connectivity index (χ4n) is 7.05. The van der Waals surface area contributed by atoms with Crippen molar-refractivity contribution in [2.75, 3.05) is 45.8 Å². The van der Waals surface area contributed by atoms with Crippen molar-refractivity contribution in [3.8, 4) is 5.75 Å². The van der Waals surface area contributed by atoms with Crippen molar-refractivity contribution in [3.63, 3.8) is 0 Å². The Labute approximate surface area is 437 Å². The molecule has 0 fully saturated rings. The molecular formula is C48H80N14O13. The van der Waals surface area contributed by atoms with Gasteiger partial charge in [0.2, 0.25) is 70.9 Å². The monoisotopic (exact) mass is 1060 g/mol. The number of primary amides is 1. The Morgan fingerprint density at radius 1 is 0.453 bits per heavy atom. The van der Waals surface area contributed by atoms with Crippen molar-refractivity contribution in [1.82, 2.24) is 58.5 Å². The molecule has 0 aliphatic rings. The van der Waals surface area contributed by atoms with Crippen molar-refractivity contribution in [3.05, 3.63) is 29.8 Å². The molecule has 0 radical (unpaired) electrons. The second kappa shape index (κ2) is 35.7. The maximum atomic E-state index is 13.5. The molecule has 1 rings (SSSR count). The highest BCUT2D eigenvalue weighted by Crippen LogP contribution is 2.13. The van der Waals surface area contributed by atoms with Crippen LogP contribution in [0.25, 0.3) is 0 Å². The number of aromatic hydroxyl groups is 1.